The van der Waals surface area contributed by atoms with Gasteiger partial charge in [-0.1, -0.05) is 36.4 Å². The van der Waals surface area contributed by atoms with Gasteiger partial charge in [0.2, 0.25) is 0 Å². The predicted octanol–water partition coefficient (Wildman–Crippen LogP) is 2.21. The third kappa shape index (κ3) is 2.91. The molecule has 0 aliphatic carbocycles. The molecule has 0 bridgehead atoms. The van der Waals surface area contributed by atoms with Crippen molar-refractivity contribution in [2.45, 2.75) is 6.04 Å². The second-order valence-corrected chi connectivity index (χ2v) is 5.69. The highest BCUT2D eigenvalue weighted by Gasteiger charge is 2.29. The van der Waals surface area contributed by atoms with Crippen LogP contribution in [-0.4, -0.2) is 54.1 Å². The molecule has 1 N–H and O–H groups in total. The molecule has 2 aromatic rings. The molecule has 0 radical (unpaired) electrons. The Hall–Kier alpha value is -1.91. The van der Waals surface area contributed by atoms with Crippen molar-refractivity contribution in [3.8, 4) is 0 Å². The van der Waals surface area contributed by atoms with E-state index in [1.807, 2.05) is 42.5 Å². The van der Waals surface area contributed by atoms with Crippen LogP contribution in [0.3, 0.4) is 0 Å². The monoisotopic (exact) mass is 284 g/mol. The van der Waals surface area contributed by atoms with E-state index in [1.165, 1.54) is 0 Å². The van der Waals surface area contributed by atoms with Crippen LogP contribution in [0.25, 0.3) is 10.8 Å². The molecule has 1 aliphatic rings. The Bertz CT molecular complexity index is 648. The van der Waals surface area contributed by atoms with Gasteiger partial charge in [-0.3, -0.25) is 9.69 Å². The number of hydrogen-bond donors (Lipinski definition) is 1. The molecule has 3 rings (SSSR count). The highest BCUT2D eigenvalue weighted by molar-refractivity contribution is 5.85. The molecule has 0 aromatic heterocycles. The van der Waals surface area contributed by atoms with Crippen molar-refractivity contribution in [2.24, 2.45) is 0 Å². The first-order valence-electron chi connectivity index (χ1n) is 7.29. The average Bonchev–Trinajstić information content (AvgIpc) is 2.49. The summed E-state index contributed by atoms with van der Waals surface area (Å²) < 4.78 is 0. The predicted molar refractivity (Wildman–Crippen MR) is 83.4 cm³/mol. The van der Waals surface area contributed by atoms with Crippen molar-refractivity contribution >= 4 is 16.7 Å². The van der Waals surface area contributed by atoms with Crippen molar-refractivity contribution < 1.29 is 9.90 Å². The number of carboxylic acid groups (broad SMARTS) is 1. The maximum atomic E-state index is 11.8. The fourth-order valence-electron chi connectivity index (χ4n) is 2.97. The van der Waals surface area contributed by atoms with Crippen LogP contribution >= 0.6 is 0 Å². The first-order valence-corrected chi connectivity index (χ1v) is 7.29. The fourth-order valence-corrected chi connectivity index (χ4v) is 2.97. The first kappa shape index (κ1) is 14.0. The molecule has 1 heterocycles. The lowest BCUT2D eigenvalue weighted by Crippen LogP contribution is -2.47. The molecule has 1 aliphatic heterocycles. The van der Waals surface area contributed by atoms with Gasteiger partial charge >= 0.3 is 5.97 Å². The van der Waals surface area contributed by atoms with E-state index in [0.29, 0.717) is 0 Å². The Kier molecular flexibility index (Phi) is 3.90. The molecule has 4 heteroatoms. The largest absolute Gasteiger partial charge is 0.480 e. The SMILES string of the molecule is CN1CCN(C(C(=O)O)c2ccc3ccccc3c2)CC1. The van der Waals surface area contributed by atoms with Crippen LogP contribution in [0.5, 0.6) is 0 Å². The molecule has 21 heavy (non-hydrogen) atoms. The number of nitrogens with zero attached hydrogens (tertiary/aromatic N) is 2. The van der Waals surface area contributed by atoms with E-state index in [9.17, 15) is 9.90 Å². The van der Waals surface area contributed by atoms with Gasteiger partial charge in [-0.05, 0) is 29.4 Å². The zero-order valence-corrected chi connectivity index (χ0v) is 12.2. The molecular formula is C17H20N2O2. The van der Waals surface area contributed by atoms with Crippen LogP contribution in [0, 0.1) is 0 Å². The number of piperazine rings is 1. The summed E-state index contributed by atoms with van der Waals surface area (Å²) in [5.41, 5.74) is 0.866. The maximum absolute atomic E-state index is 11.8. The highest BCUT2D eigenvalue weighted by atomic mass is 16.4. The van der Waals surface area contributed by atoms with Gasteiger partial charge in [-0.2, -0.15) is 0 Å². The minimum atomic E-state index is -0.769. The Labute approximate surface area is 124 Å². The van der Waals surface area contributed by atoms with E-state index in [2.05, 4.69) is 16.8 Å². The third-order valence-corrected chi connectivity index (χ3v) is 4.23. The summed E-state index contributed by atoms with van der Waals surface area (Å²) >= 11 is 0. The molecule has 0 spiro atoms. The number of carboxylic acids is 1. The Morgan fingerprint density at radius 1 is 1.05 bits per heavy atom. The molecule has 2 aromatic carbocycles. The summed E-state index contributed by atoms with van der Waals surface area (Å²) in [5.74, 6) is -0.769. The molecule has 1 fully saturated rings. The van der Waals surface area contributed by atoms with Gasteiger partial charge in [-0.25, -0.2) is 0 Å². The van der Waals surface area contributed by atoms with Crippen LogP contribution in [0.1, 0.15) is 11.6 Å². The van der Waals surface area contributed by atoms with Crippen LogP contribution < -0.4 is 0 Å². The Balaban J connectivity index is 1.93. The van der Waals surface area contributed by atoms with E-state index >= 15 is 0 Å². The molecular weight excluding hydrogens is 264 g/mol. The second-order valence-electron chi connectivity index (χ2n) is 5.69. The Morgan fingerprint density at radius 3 is 2.38 bits per heavy atom. The van der Waals surface area contributed by atoms with Crippen molar-refractivity contribution in [2.75, 3.05) is 33.2 Å². The zero-order valence-electron chi connectivity index (χ0n) is 12.2. The average molecular weight is 284 g/mol. The molecule has 1 unspecified atom stereocenters. The zero-order chi connectivity index (χ0) is 14.8. The van der Waals surface area contributed by atoms with E-state index in [1.54, 1.807) is 0 Å². The normalized spacial score (nSPS) is 18.7. The quantitative estimate of drug-likeness (QED) is 0.938. The maximum Gasteiger partial charge on any atom is 0.325 e. The van der Waals surface area contributed by atoms with E-state index in [-0.39, 0.29) is 0 Å². The lowest BCUT2D eigenvalue weighted by molar-refractivity contribution is -0.144. The summed E-state index contributed by atoms with van der Waals surface area (Å²) in [4.78, 5) is 16.1. The van der Waals surface area contributed by atoms with Gasteiger partial charge in [0.05, 0.1) is 0 Å². The van der Waals surface area contributed by atoms with Crippen molar-refractivity contribution in [1.29, 1.82) is 0 Å². The molecule has 110 valence electrons. The number of aliphatic carboxylic acids is 1. The minimum Gasteiger partial charge on any atom is -0.480 e. The van der Waals surface area contributed by atoms with E-state index in [0.717, 1.165) is 42.5 Å². The third-order valence-electron chi connectivity index (χ3n) is 4.23. The fraction of sp³-hybridized carbons (Fsp3) is 0.353. The van der Waals surface area contributed by atoms with Crippen molar-refractivity contribution in [1.82, 2.24) is 9.80 Å². The number of rotatable bonds is 3. The number of benzene rings is 2. The van der Waals surface area contributed by atoms with E-state index < -0.39 is 12.0 Å². The van der Waals surface area contributed by atoms with Gasteiger partial charge in [0.25, 0.3) is 0 Å². The highest BCUT2D eigenvalue weighted by Crippen LogP contribution is 2.26. The second kappa shape index (κ2) is 5.84. The molecule has 1 saturated heterocycles. The van der Waals surface area contributed by atoms with Crippen LogP contribution in [0.2, 0.25) is 0 Å². The van der Waals surface area contributed by atoms with E-state index in [4.69, 9.17) is 0 Å². The summed E-state index contributed by atoms with van der Waals surface area (Å²) in [5, 5.41) is 11.9. The number of likely N-dealkylation sites (N-methyl/N-ethyl adjacent to an activating group) is 1. The lowest BCUT2D eigenvalue weighted by atomic mass is 10.00. The van der Waals surface area contributed by atoms with Crippen LogP contribution in [-0.2, 0) is 4.79 Å². The molecule has 4 nitrogen and oxygen atoms in total. The molecule has 0 saturated carbocycles. The smallest absolute Gasteiger partial charge is 0.325 e. The van der Waals surface area contributed by atoms with Gasteiger partial charge in [0, 0.05) is 26.2 Å². The van der Waals surface area contributed by atoms with Gasteiger partial charge in [-0.15, -0.1) is 0 Å². The summed E-state index contributed by atoms with van der Waals surface area (Å²) in [6, 6.07) is 13.5. The Morgan fingerprint density at radius 2 is 1.71 bits per heavy atom. The standard InChI is InChI=1S/C17H20N2O2/c1-18-8-10-19(11-9-18)16(17(20)21)15-7-6-13-4-2-3-5-14(13)12-15/h2-7,12,16H,8-11H2,1H3,(H,20,21). The summed E-state index contributed by atoms with van der Waals surface area (Å²) in [6.07, 6.45) is 0. The summed E-state index contributed by atoms with van der Waals surface area (Å²) in [6.45, 7) is 3.41. The molecule has 1 atom stereocenters. The van der Waals surface area contributed by atoms with Crippen LogP contribution in [0.4, 0.5) is 0 Å². The minimum absolute atomic E-state index is 0.552. The summed E-state index contributed by atoms with van der Waals surface area (Å²) in [7, 11) is 2.07. The van der Waals surface area contributed by atoms with Gasteiger partial charge in [0.1, 0.15) is 6.04 Å². The number of carbonyl (C=O) groups is 1. The van der Waals surface area contributed by atoms with Crippen LogP contribution in [0.15, 0.2) is 42.5 Å². The molecule has 0 amide bonds. The number of hydrogen-bond acceptors (Lipinski definition) is 3. The van der Waals surface area contributed by atoms with Crippen molar-refractivity contribution in [3.63, 3.8) is 0 Å². The first-order chi connectivity index (χ1) is 10.1. The lowest BCUT2D eigenvalue weighted by Gasteiger charge is -2.36. The topological polar surface area (TPSA) is 43.8 Å². The number of fused-ring (bicyclic) bond motifs is 1. The van der Waals surface area contributed by atoms with Gasteiger partial charge in [0.15, 0.2) is 0 Å². The van der Waals surface area contributed by atoms with Gasteiger partial charge < -0.3 is 10.0 Å². The van der Waals surface area contributed by atoms with Crippen molar-refractivity contribution in [3.05, 3.63) is 48.0 Å².